The fourth-order valence-electron chi connectivity index (χ4n) is 4.05. The van der Waals surface area contributed by atoms with E-state index in [0.29, 0.717) is 12.0 Å². The Labute approximate surface area is 187 Å². The van der Waals surface area contributed by atoms with E-state index in [4.69, 9.17) is 9.73 Å². The third-order valence-corrected chi connectivity index (χ3v) is 5.84. The molecular formula is C22H37IN4O. The molecule has 1 aliphatic heterocycles. The average Bonchev–Trinajstić information content (AvgIpc) is 3.09. The molecule has 1 N–H and O–H groups in total. The highest BCUT2D eigenvalue weighted by Crippen LogP contribution is 2.47. The Morgan fingerprint density at radius 3 is 2.54 bits per heavy atom. The first-order valence-electron chi connectivity index (χ1n) is 10.5. The van der Waals surface area contributed by atoms with E-state index in [0.717, 1.165) is 44.4 Å². The lowest BCUT2D eigenvalue weighted by atomic mass is 9.68. The number of hydrogen-bond acceptors (Lipinski definition) is 3. The maximum absolute atomic E-state index is 5.82. The van der Waals surface area contributed by atoms with E-state index < -0.39 is 0 Å². The summed E-state index contributed by atoms with van der Waals surface area (Å²) in [6, 6.07) is 8.39. The SMILES string of the molecule is CCNC(=NCc1ccc(OCCCN(C)C)cc1)N1CCC2(CCC2)C1.I. The van der Waals surface area contributed by atoms with Crippen LogP contribution in [0.1, 0.15) is 44.6 Å². The molecule has 1 saturated carbocycles. The molecule has 0 radical (unpaired) electrons. The van der Waals surface area contributed by atoms with Gasteiger partial charge in [-0.2, -0.15) is 0 Å². The summed E-state index contributed by atoms with van der Waals surface area (Å²) in [5.74, 6) is 2.02. The second-order valence-corrected chi connectivity index (χ2v) is 8.34. The molecule has 2 fully saturated rings. The topological polar surface area (TPSA) is 40.1 Å². The number of nitrogens with one attached hydrogen (secondary N) is 1. The second-order valence-electron chi connectivity index (χ2n) is 8.34. The summed E-state index contributed by atoms with van der Waals surface area (Å²) in [7, 11) is 4.18. The van der Waals surface area contributed by atoms with Crippen molar-refractivity contribution in [3.63, 3.8) is 0 Å². The number of halogens is 1. The molecule has 1 heterocycles. The van der Waals surface area contributed by atoms with Crippen molar-refractivity contribution in [1.82, 2.24) is 15.1 Å². The quantitative estimate of drug-likeness (QED) is 0.254. The van der Waals surface area contributed by atoms with E-state index >= 15 is 0 Å². The minimum Gasteiger partial charge on any atom is -0.494 e. The van der Waals surface area contributed by atoms with Crippen LogP contribution in [0, 0.1) is 5.41 Å². The van der Waals surface area contributed by atoms with Gasteiger partial charge in [0.05, 0.1) is 13.2 Å². The van der Waals surface area contributed by atoms with Crippen LogP contribution >= 0.6 is 24.0 Å². The molecule has 0 unspecified atom stereocenters. The predicted molar refractivity (Wildman–Crippen MR) is 128 cm³/mol. The van der Waals surface area contributed by atoms with Crippen LogP contribution in [0.15, 0.2) is 29.3 Å². The third kappa shape index (κ3) is 6.51. The highest BCUT2D eigenvalue weighted by Gasteiger charge is 2.43. The van der Waals surface area contributed by atoms with Crippen LogP contribution in [-0.4, -0.2) is 62.6 Å². The van der Waals surface area contributed by atoms with Crippen LogP contribution in [0.25, 0.3) is 0 Å². The smallest absolute Gasteiger partial charge is 0.194 e. The number of hydrogen-bond donors (Lipinski definition) is 1. The zero-order chi connectivity index (χ0) is 19.1. The number of guanidine groups is 1. The van der Waals surface area contributed by atoms with Crippen LogP contribution in [0.2, 0.25) is 0 Å². The summed E-state index contributed by atoms with van der Waals surface area (Å²) in [6.45, 7) is 7.92. The Bertz CT molecular complexity index is 613. The van der Waals surface area contributed by atoms with Crippen molar-refractivity contribution in [3.8, 4) is 5.75 Å². The van der Waals surface area contributed by atoms with Gasteiger partial charge in [0.15, 0.2) is 5.96 Å². The van der Waals surface area contributed by atoms with Crippen LogP contribution in [0.3, 0.4) is 0 Å². The van der Waals surface area contributed by atoms with Gasteiger partial charge in [-0.15, -0.1) is 24.0 Å². The summed E-state index contributed by atoms with van der Waals surface area (Å²) in [5.41, 5.74) is 1.82. The average molecular weight is 500 g/mol. The first kappa shape index (κ1) is 23.3. The Balaban J connectivity index is 0.00000280. The lowest BCUT2D eigenvalue weighted by Gasteiger charge is -2.38. The second kappa shape index (κ2) is 11.2. The van der Waals surface area contributed by atoms with E-state index in [2.05, 4.69) is 60.4 Å². The predicted octanol–water partition coefficient (Wildman–Crippen LogP) is 3.98. The van der Waals surface area contributed by atoms with E-state index in [9.17, 15) is 0 Å². The zero-order valence-corrected chi connectivity index (χ0v) is 20.1. The van der Waals surface area contributed by atoms with Gasteiger partial charge >= 0.3 is 0 Å². The molecule has 1 saturated heterocycles. The maximum atomic E-state index is 5.82. The summed E-state index contributed by atoms with van der Waals surface area (Å²) >= 11 is 0. The molecule has 28 heavy (non-hydrogen) atoms. The van der Waals surface area contributed by atoms with Crippen molar-refractivity contribution < 1.29 is 4.74 Å². The fourth-order valence-corrected chi connectivity index (χ4v) is 4.05. The van der Waals surface area contributed by atoms with Gasteiger partial charge < -0.3 is 19.9 Å². The maximum Gasteiger partial charge on any atom is 0.194 e. The standard InChI is InChI=1S/C22H36N4O.HI/c1-4-23-21(26-15-13-22(18-26)11-5-12-22)24-17-19-7-9-20(10-8-19)27-16-6-14-25(2)3;/h7-10H,4-6,11-18H2,1-3H3,(H,23,24);1H. The minimum absolute atomic E-state index is 0. The van der Waals surface area contributed by atoms with Crippen molar-refractivity contribution in [1.29, 1.82) is 0 Å². The Hall–Kier alpha value is -1.02. The van der Waals surface area contributed by atoms with E-state index in [1.807, 2.05) is 0 Å². The molecule has 1 aliphatic carbocycles. The van der Waals surface area contributed by atoms with Crippen LogP contribution in [0.4, 0.5) is 0 Å². The van der Waals surface area contributed by atoms with Crippen molar-refractivity contribution in [2.45, 2.75) is 45.6 Å². The first-order valence-corrected chi connectivity index (χ1v) is 10.5. The number of ether oxygens (including phenoxy) is 1. The van der Waals surface area contributed by atoms with E-state index in [-0.39, 0.29) is 24.0 Å². The van der Waals surface area contributed by atoms with Gasteiger partial charge in [-0.1, -0.05) is 18.6 Å². The van der Waals surface area contributed by atoms with Gasteiger partial charge in [0.1, 0.15) is 5.75 Å². The first-order chi connectivity index (χ1) is 13.1. The molecule has 158 valence electrons. The molecule has 0 aromatic heterocycles. The van der Waals surface area contributed by atoms with E-state index in [1.165, 1.54) is 37.8 Å². The third-order valence-electron chi connectivity index (χ3n) is 5.84. The van der Waals surface area contributed by atoms with Crippen molar-refractivity contribution >= 4 is 29.9 Å². The monoisotopic (exact) mass is 500 g/mol. The largest absolute Gasteiger partial charge is 0.494 e. The molecular weight excluding hydrogens is 463 g/mol. The lowest BCUT2D eigenvalue weighted by molar-refractivity contribution is 0.151. The van der Waals surface area contributed by atoms with Gasteiger partial charge in [0.2, 0.25) is 0 Å². The molecule has 0 bridgehead atoms. The van der Waals surface area contributed by atoms with Gasteiger partial charge in [-0.25, -0.2) is 4.99 Å². The summed E-state index contributed by atoms with van der Waals surface area (Å²) in [6.07, 6.45) is 6.59. The highest BCUT2D eigenvalue weighted by atomic mass is 127. The molecule has 2 aliphatic rings. The summed E-state index contributed by atoms with van der Waals surface area (Å²) in [5, 5.41) is 3.48. The van der Waals surface area contributed by atoms with Gasteiger partial charge in [-0.3, -0.25) is 0 Å². The highest BCUT2D eigenvalue weighted by molar-refractivity contribution is 14.0. The Kier molecular flexibility index (Phi) is 9.34. The number of aliphatic imine (C=N–C) groups is 1. The molecule has 0 atom stereocenters. The number of likely N-dealkylation sites (tertiary alicyclic amines) is 1. The van der Waals surface area contributed by atoms with Crippen molar-refractivity contribution in [2.75, 3.05) is 46.9 Å². The molecule has 0 amide bonds. The number of nitrogens with zero attached hydrogens (tertiary/aromatic N) is 3. The summed E-state index contributed by atoms with van der Waals surface area (Å²) in [4.78, 5) is 9.54. The Morgan fingerprint density at radius 1 is 1.21 bits per heavy atom. The normalized spacial score (nSPS) is 18.1. The van der Waals surface area contributed by atoms with Crippen molar-refractivity contribution in [2.24, 2.45) is 10.4 Å². The molecule has 6 heteroatoms. The molecule has 1 spiro atoms. The van der Waals surface area contributed by atoms with Gasteiger partial charge in [0.25, 0.3) is 0 Å². The molecule has 1 aromatic rings. The van der Waals surface area contributed by atoms with Crippen LogP contribution in [-0.2, 0) is 6.54 Å². The molecule has 3 rings (SSSR count). The van der Waals surface area contributed by atoms with Crippen molar-refractivity contribution in [3.05, 3.63) is 29.8 Å². The van der Waals surface area contributed by atoms with Gasteiger partial charge in [-0.05, 0) is 69.8 Å². The number of rotatable bonds is 8. The number of benzene rings is 1. The van der Waals surface area contributed by atoms with Crippen LogP contribution in [0.5, 0.6) is 5.75 Å². The lowest BCUT2D eigenvalue weighted by Crippen LogP contribution is -2.42. The minimum atomic E-state index is 0. The van der Waals surface area contributed by atoms with Crippen LogP contribution < -0.4 is 10.1 Å². The summed E-state index contributed by atoms with van der Waals surface area (Å²) < 4.78 is 5.82. The molecule has 5 nitrogen and oxygen atoms in total. The molecule has 1 aromatic carbocycles. The van der Waals surface area contributed by atoms with E-state index in [1.54, 1.807) is 0 Å². The van der Waals surface area contributed by atoms with Gasteiger partial charge in [0, 0.05) is 26.2 Å². The zero-order valence-electron chi connectivity index (χ0n) is 17.7. The Morgan fingerprint density at radius 2 is 1.96 bits per heavy atom. The fraction of sp³-hybridized carbons (Fsp3) is 0.682.